The molecule has 112 valence electrons. The molecule has 0 saturated heterocycles. The first-order valence-corrected chi connectivity index (χ1v) is 6.83. The van der Waals surface area contributed by atoms with Gasteiger partial charge in [0.1, 0.15) is 6.04 Å². The third-order valence-electron chi connectivity index (χ3n) is 3.00. The highest BCUT2D eigenvalue weighted by Gasteiger charge is 2.18. The van der Waals surface area contributed by atoms with Crippen LogP contribution in [0, 0.1) is 0 Å². The molecule has 0 aromatic carbocycles. The highest BCUT2D eigenvalue weighted by atomic mass is 16.5. The first-order chi connectivity index (χ1) is 10.1. The molecule has 2 amide bonds. The Bertz CT molecular complexity index is 584. The lowest BCUT2D eigenvalue weighted by molar-refractivity contribution is 0.200. The van der Waals surface area contributed by atoms with Gasteiger partial charge in [0.25, 0.3) is 0 Å². The number of aromatic nitrogens is 3. The Morgan fingerprint density at radius 3 is 2.95 bits per heavy atom. The van der Waals surface area contributed by atoms with Gasteiger partial charge in [-0.25, -0.2) is 4.79 Å². The molecule has 0 bridgehead atoms. The monoisotopic (exact) mass is 289 g/mol. The van der Waals surface area contributed by atoms with Gasteiger partial charge >= 0.3 is 6.03 Å². The summed E-state index contributed by atoms with van der Waals surface area (Å²) in [6, 6.07) is 3.23. The number of urea groups is 1. The van der Waals surface area contributed by atoms with Crippen molar-refractivity contribution in [2.75, 3.05) is 7.05 Å². The van der Waals surface area contributed by atoms with E-state index in [9.17, 15) is 4.79 Å². The SMILES string of the molecule is CCc1noc([C@@H](C)NC(=O)N(C)Cc2cccnc2)n1. The highest BCUT2D eigenvalue weighted by molar-refractivity contribution is 5.74. The average Bonchev–Trinajstić information content (AvgIpc) is 2.97. The van der Waals surface area contributed by atoms with Gasteiger partial charge in [-0.3, -0.25) is 4.98 Å². The number of hydrogen-bond acceptors (Lipinski definition) is 5. The minimum Gasteiger partial charge on any atom is -0.337 e. The summed E-state index contributed by atoms with van der Waals surface area (Å²) in [4.78, 5) is 21.9. The number of nitrogens with zero attached hydrogens (tertiary/aromatic N) is 4. The van der Waals surface area contributed by atoms with E-state index < -0.39 is 0 Å². The van der Waals surface area contributed by atoms with Crippen LogP contribution in [0.25, 0.3) is 0 Å². The third-order valence-corrected chi connectivity index (χ3v) is 3.00. The number of aryl methyl sites for hydroxylation is 1. The molecule has 0 radical (unpaired) electrons. The third kappa shape index (κ3) is 4.01. The zero-order valence-corrected chi connectivity index (χ0v) is 12.4. The smallest absolute Gasteiger partial charge is 0.318 e. The van der Waals surface area contributed by atoms with Crippen LogP contribution in [-0.2, 0) is 13.0 Å². The van der Waals surface area contributed by atoms with Gasteiger partial charge < -0.3 is 14.7 Å². The lowest BCUT2D eigenvalue weighted by Crippen LogP contribution is -2.38. The molecule has 2 heterocycles. The summed E-state index contributed by atoms with van der Waals surface area (Å²) in [6.07, 6.45) is 4.14. The predicted octanol–water partition coefficient (Wildman–Crippen LogP) is 1.93. The van der Waals surface area contributed by atoms with E-state index >= 15 is 0 Å². The molecule has 0 aliphatic heterocycles. The number of nitrogens with one attached hydrogen (secondary N) is 1. The molecule has 0 aliphatic rings. The van der Waals surface area contributed by atoms with Crippen molar-refractivity contribution >= 4 is 6.03 Å². The van der Waals surface area contributed by atoms with Crippen LogP contribution in [-0.4, -0.2) is 33.1 Å². The van der Waals surface area contributed by atoms with Crippen molar-refractivity contribution in [1.82, 2.24) is 25.3 Å². The van der Waals surface area contributed by atoms with Crippen molar-refractivity contribution < 1.29 is 9.32 Å². The van der Waals surface area contributed by atoms with Crippen LogP contribution in [0.5, 0.6) is 0 Å². The van der Waals surface area contributed by atoms with Crippen LogP contribution in [0.15, 0.2) is 29.0 Å². The molecule has 0 aliphatic carbocycles. The summed E-state index contributed by atoms with van der Waals surface area (Å²) in [7, 11) is 1.72. The molecule has 0 unspecified atom stereocenters. The second-order valence-corrected chi connectivity index (χ2v) is 4.79. The van der Waals surface area contributed by atoms with Crippen LogP contribution < -0.4 is 5.32 Å². The van der Waals surface area contributed by atoms with Crippen molar-refractivity contribution in [1.29, 1.82) is 0 Å². The van der Waals surface area contributed by atoms with E-state index in [1.807, 2.05) is 26.0 Å². The van der Waals surface area contributed by atoms with Crippen LogP contribution in [0.3, 0.4) is 0 Å². The average molecular weight is 289 g/mol. The molecule has 2 aromatic heterocycles. The summed E-state index contributed by atoms with van der Waals surface area (Å²) in [5.74, 6) is 1.05. The normalized spacial score (nSPS) is 12.0. The van der Waals surface area contributed by atoms with E-state index in [4.69, 9.17) is 4.52 Å². The second kappa shape index (κ2) is 6.83. The van der Waals surface area contributed by atoms with Crippen LogP contribution in [0.4, 0.5) is 4.79 Å². The number of rotatable bonds is 5. The Labute approximate surface area is 123 Å². The Morgan fingerprint density at radius 1 is 1.52 bits per heavy atom. The molecule has 7 heteroatoms. The summed E-state index contributed by atoms with van der Waals surface area (Å²) in [6.45, 7) is 4.23. The van der Waals surface area contributed by atoms with Gasteiger partial charge in [-0.1, -0.05) is 18.1 Å². The van der Waals surface area contributed by atoms with Crippen molar-refractivity contribution in [2.24, 2.45) is 0 Å². The molecule has 0 saturated carbocycles. The predicted molar refractivity (Wildman–Crippen MR) is 76.3 cm³/mol. The Kier molecular flexibility index (Phi) is 4.86. The van der Waals surface area contributed by atoms with Gasteiger partial charge in [-0.2, -0.15) is 4.98 Å². The van der Waals surface area contributed by atoms with Gasteiger partial charge in [-0.05, 0) is 18.6 Å². The molecular weight excluding hydrogens is 270 g/mol. The van der Waals surface area contributed by atoms with Crippen molar-refractivity contribution in [3.8, 4) is 0 Å². The number of carbonyl (C=O) groups excluding carboxylic acids is 1. The maximum atomic E-state index is 12.1. The second-order valence-electron chi connectivity index (χ2n) is 4.79. The Hall–Kier alpha value is -2.44. The fourth-order valence-electron chi connectivity index (χ4n) is 1.78. The summed E-state index contributed by atoms with van der Waals surface area (Å²) < 4.78 is 5.11. The fraction of sp³-hybridized carbons (Fsp3) is 0.429. The Balaban J connectivity index is 1.91. The van der Waals surface area contributed by atoms with E-state index in [-0.39, 0.29) is 12.1 Å². The van der Waals surface area contributed by atoms with E-state index in [1.54, 1.807) is 24.3 Å². The van der Waals surface area contributed by atoms with Crippen LogP contribution in [0.1, 0.15) is 37.2 Å². The van der Waals surface area contributed by atoms with E-state index in [0.29, 0.717) is 24.7 Å². The number of carbonyl (C=O) groups is 1. The zero-order chi connectivity index (χ0) is 15.2. The van der Waals surface area contributed by atoms with Crippen molar-refractivity contribution in [3.63, 3.8) is 0 Å². The van der Waals surface area contributed by atoms with Gasteiger partial charge in [0.2, 0.25) is 5.89 Å². The van der Waals surface area contributed by atoms with Crippen molar-refractivity contribution in [2.45, 2.75) is 32.9 Å². The quantitative estimate of drug-likeness (QED) is 0.909. The lowest BCUT2D eigenvalue weighted by atomic mass is 10.3. The molecular formula is C14H19N5O2. The maximum Gasteiger partial charge on any atom is 0.318 e. The number of hydrogen-bond donors (Lipinski definition) is 1. The minimum atomic E-state index is -0.332. The topological polar surface area (TPSA) is 84.2 Å². The molecule has 21 heavy (non-hydrogen) atoms. The number of amides is 2. The summed E-state index contributed by atoms with van der Waals surface area (Å²) in [5.41, 5.74) is 0.967. The van der Waals surface area contributed by atoms with Gasteiger partial charge in [0.15, 0.2) is 5.82 Å². The lowest BCUT2D eigenvalue weighted by Gasteiger charge is -2.19. The van der Waals surface area contributed by atoms with E-state index in [0.717, 1.165) is 5.56 Å². The van der Waals surface area contributed by atoms with Gasteiger partial charge in [-0.15, -0.1) is 0 Å². The van der Waals surface area contributed by atoms with E-state index in [1.165, 1.54) is 0 Å². The molecule has 0 spiro atoms. The van der Waals surface area contributed by atoms with Crippen LogP contribution in [0.2, 0.25) is 0 Å². The standard InChI is InChI=1S/C14H19N5O2/c1-4-12-17-13(21-18-12)10(2)16-14(20)19(3)9-11-6-5-7-15-8-11/h5-8,10H,4,9H2,1-3H3,(H,16,20)/t10-/m1/s1. The molecule has 2 aromatic rings. The zero-order valence-electron chi connectivity index (χ0n) is 12.4. The summed E-state index contributed by atoms with van der Waals surface area (Å²) in [5, 5.41) is 6.64. The molecule has 0 fully saturated rings. The Morgan fingerprint density at radius 2 is 2.33 bits per heavy atom. The largest absolute Gasteiger partial charge is 0.337 e. The maximum absolute atomic E-state index is 12.1. The van der Waals surface area contributed by atoms with Crippen molar-refractivity contribution in [3.05, 3.63) is 41.8 Å². The minimum absolute atomic E-state index is 0.206. The molecule has 1 atom stereocenters. The van der Waals surface area contributed by atoms with Gasteiger partial charge in [0.05, 0.1) is 0 Å². The fourth-order valence-corrected chi connectivity index (χ4v) is 1.78. The number of pyridine rings is 1. The van der Waals surface area contributed by atoms with Gasteiger partial charge in [0, 0.05) is 32.4 Å². The van der Waals surface area contributed by atoms with E-state index in [2.05, 4.69) is 20.4 Å². The first-order valence-electron chi connectivity index (χ1n) is 6.83. The summed E-state index contributed by atoms with van der Waals surface area (Å²) >= 11 is 0. The van der Waals surface area contributed by atoms with Crippen LogP contribution >= 0.6 is 0 Å². The first kappa shape index (κ1) is 15.0. The molecule has 2 rings (SSSR count). The molecule has 1 N–H and O–H groups in total. The highest BCUT2D eigenvalue weighted by Crippen LogP contribution is 2.10. The molecule has 7 nitrogen and oxygen atoms in total.